The number of hydrogen-bond acceptors (Lipinski definition) is 2. The lowest BCUT2D eigenvalue weighted by Gasteiger charge is -2.00. The van der Waals surface area contributed by atoms with E-state index in [2.05, 4.69) is 4.98 Å². The molecule has 0 fully saturated rings. The molecular weight excluding hydrogens is 250 g/mol. The highest BCUT2D eigenvalue weighted by Gasteiger charge is 2.21. The van der Waals surface area contributed by atoms with Gasteiger partial charge in [0.15, 0.2) is 0 Å². The minimum Gasteiger partial charge on any atom is -0.357 e. The number of aromatic amines is 1. The van der Waals surface area contributed by atoms with Crippen LogP contribution in [0.15, 0.2) is 54.7 Å². The SMILES string of the molecule is Cc1ccc(C(=O)C(=O)c2[nH]cc3ccccc23)cc1. The number of H-pyrrole nitrogens is 1. The highest BCUT2D eigenvalue weighted by atomic mass is 16.2. The molecule has 0 saturated heterocycles. The van der Waals surface area contributed by atoms with Crippen LogP contribution in [0.1, 0.15) is 26.4 Å². The van der Waals surface area contributed by atoms with Crippen molar-refractivity contribution in [1.29, 1.82) is 0 Å². The van der Waals surface area contributed by atoms with Gasteiger partial charge in [0.05, 0.1) is 5.69 Å². The number of rotatable bonds is 3. The second-order valence-electron chi connectivity index (χ2n) is 4.78. The summed E-state index contributed by atoms with van der Waals surface area (Å²) in [5.41, 5.74) is 1.82. The molecule has 0 spiro atoms. The van der Waals surface area contributed by atoms with Crippen LogP contribution in [0.25, 0.3) is 10.8 Å². The minimum absolute atomic E-state index is 0.353. The van der Waals surface area contributed by atoms with Crippen molar-refractivity contribution in [3.63, 3.8) is 0 Å². The second-order valence-corrected chi connectivity index (χ2v) is 4.78. The first kappa shape index (κ1) is 12.4. The molecule has 98 valence electrons. The standard InChI is InChI=1S/C17H13NO2/c1-11-6-8-12(9-7-11)16(19)17(20)15-14-5-3-2-4-13(14)10-18-15/h2-10,18H,1H3. The fourth-order valence-corrected chi connectivity index (χ4v) is 2.22. The molecule has 1 N–H and O–H groups in total. The van der Waals surface area contributed by atoms with Crippen molar-refractivity contribution in [3.8, 4) is 0 Å². The maximum Gasteiger partial charge on any atom is 0.250 e. The number of nitrogens with one attached hydrogen (secondary N) is 1. The van der Waals surface area contributed by atoms with Crippen molar-refractivity contribution in [2.45, 2.75) is 6.92 Å². The van der Waals surface area contributed by atoms with Gasteiger partial charge in [0, 0.05) is 17.1 Å². The molecule has 0 aliphatic carbocycles. The average molecular weight is 263 g/mol. The van der Waals surface area contributed by atoms with Crippen LogP contribution in [0.2, 0.25) is 0 Å². The van der Waals surface area contributed by atoms with Gasteiger partial charge < -0.3 is 4.98 Å². The van der Waals surface area contributed by atoms with Crippen LogP contribution in [0.5, 0.6) is 0 Å². The van der Waals surface area contributed by atoms with Crippen LogP contribution in [-0.4, -0.2) is 16.6 Å². The first-order valence-corrected chi connectivity index (χ1v) is 6.38. The number of hydrogen-bond donors (Lipinski definition) is 1. The summed E-state index contributed by atoms with van der Waals surface area (Å²) in [6.07, 6.45) is 1.74. The quantitative estimate of drug-likeness (QED) is 0.580. The molecule has 1 aromatic heterocycles. The number of fused-ring (bicyclic) bond motifs is 1. The third kappa shape index (κ3) is 2.03. The molecule has 3 aromatic rings. The maximum absolute atomic E-state index is 12.3. The predicted molar refractivity (Wildman–Crippen MR) is 78.1 cm³/mol. The van der Waals surface area contributed by atoms with Gasteiger partial charge in [0.1, 0.15) is 0 Å². The Morgan fingerprint density at radius 3 is 2.35 bits per heavy atom. The lowest BCUT2D eigenvalue weighted by molar-refractivity contribution is 0.0815. The van der Waals surface area contributed by atoms with Gasteiger partial charge in [-0.2, -0.15) is 0 Å². The molecule has 20 heavy (non-hydrogen) atoms. The van der Waals surface area contributed by atoms with Gasteiger partial charge in [-0.25, -0.2) is 0 Å². The smallest absolute Gasteiger partial charge is 0.250 e. The Morgan fingerprint density at radius 2 is 1.60 bits per heavy atom. The van der Waals surface area contributed by atoms with E-state index < -0.39 is 11.6 Å². The summed E-state index contributed by atoms with van der Waals surface area (Å²) in [5, 5.41) is 1.70. The monoisotopic (exact) mass is 263 g/mol. The molecule has 0 radical (unpaired) electrons. The molecule has 0 bridgehead atoms. The lowest BCUT2D eigenvalue weighted by Crippen LogP contribution is -2.15. The normalized spacial score (nSPS) is 10.7. The Bertz CT molecular complexity index is 797. The van der Waals surface area contributed by atoms with Crippen molar-refractivity contribution in [3.05, 3.63) is 71.5 Å². The van der Waals surface area contributed by atoms with E-state index in [9.17, 15) is 9.59 Å². The molecule has 3 rings (SSSR count). The van der Waals surface area contributed by atoms with E-state index in [1.165, 1.54) is 0 Å². The van der Waals surface area contributed by atoms with E-state index in [4.69, 9.17) is 0 Å². The third-order valence-corrected chi connectivity index (χ3v) is 3.35. The number of carbonyl (C=O) groups excluding carboxylic acids is 2. The fraction of sp³-hybridized carbons (Fsp3) is 0.0588. The van der Waals surface area contributed by atoms with Crippen LogP contribution >= 0.6 is 0 Å². The van der Waals surface area contributed by atoms with Gasteiger partial charge in [-0.3, -0.25) is 9.59 Å². The Kier molecular flexibility index (Phi) is 2.95. The zero-order chi connectivity index (χ0) is 14.1. The zero-order valence-corrected chi connectivity index (χ0v) is 11.0. The Morgan fingerprint density at radius 1 is 0.900 bits per heavy atom. The van der Waals surface area contributed by atoms with Gasteiger partial charge in [0.25, 0.3) is 0 Å². The van der Waals surface area contributed by atoms with Crippen LogP contribution in [0, 0.1) is 6.92 Å². The van der Waals surface area contributed by atoms with Gasteiger partial charge in [0.2, 0.25) is 11.6 Å². The highest BCUT2D eigenvalue weighted by Crippen LogP contribution is 2.19. The number of aromatic nitrogens is 1. The third-order valence-electron chi connectivity index (χ3n) is 3.35. The molecule has 0 aliphatic heterocycles. The first-order chi connectivity index (χ1) is 9.66. The van der Waals surface area contributed by atoms with E-state index in [1.807, 2.05) is 43.3 Å². The Balaban J connectivity index is 2.00. The number of carbonyl (C=O) groups is 2. The van der Waals surface area contributed by atoms with Crippen molar-refractivity contribution in [2.24, 2.45) is 0 Å². The van der Waals surface area contributed by atoms with Crippen molar-refractivity contribution < 1.29 is 9.59 Å². The molecule has 0 atom stereocenters. The van der Waals surface area contributed by atoms with Gasteiger partial charge >= 0.3 is 0 Å². The number of Topliss-reactive ketones (excluding diaryl/α,β-unsaturated/α-hetero) is 2. The Labute approximate surface area is 116 Å². The molecule has 0 aliphatic rings. The van der Waals surface area contributed by atoms with Crippen LogP contribution < -0.4 is 0 Å². The number of ketones is 2. The van der Waals surface area contributed by atoms with Crippen LogP contribution in [-0.2, 0) is 0 Å². The maximum atomic E-state index is 12.3. The molecule has 3 nitrogen and oxygen atoms in total. The summed E-state index contributed by atoms with van der Waals surface area (Å²) in [6, 6.07) is 14.5. The first-order valence-electron chi connectivity index (χ1n) is 6.38. The topological polar surface area (TPSA) is 49.9 Å². The summed E-state index contributed by atoms with van der Waals surface area (Å²) in [6.45, 7) is 1.94. The lowest BCUT2D eigenvalue weighted by atomic mass is 10.0. The molecule has 0 amide bonds. The molecule has 0 unspecified atom stereocenters. The van der Waals surface area contributed by atoms with E-state index >= 15 is 0 Å². The van der Waals surface area contributed by atoms with Gasteiger partial charge in [-0.1, -0.05) is 54.1 Å². The summed E-state index contributed by atoms with van der Waals surface area (Å²) in [7, 11) is 0. The fourth-order valence-electron chi connectivity index (χ4n) is 2.22. The molecule has 1 heterocycles. The largest absolute Gasteiger partial charge is 0.357 e. The predicted octanol–water partition coefficient (Wildman–Crippen LogP) is 3.54. The zero-order valence-electron chi connectivity index (χ0n) is 11.0. The van der Waals surface area contributed by atoms with E-state index in [0.717, 1.165) is 16.3 Å². The van der Waals surface area contributed by atoms with Gasteiger partial charge in [-0.15, -0.1) is 0 Å². The molecule has 0 saturated carbocycles. The van der Waals surface area contributed by atoms with E-state index in [0.29, 0.717) is 11.3 Å². The average Bonchev–Trinajstić information content (AvgIpc) is 2.90. The summed E-state index contributed by atoms with van der Waals surface area (Å²) < 4.78 is 0. The second kappa shape index (κ2) is 4.78. The van der Waals surface area contributed by atoms with Crippen LogP contribution in [0.3, 0.4) is 0 Å². The van der Waals surface area contributed by atoms with E-state index in [-0.39, 0.29) is 0 Å². The molecule has 3 heteroatoms. The summed E-state index contributed by atoms with van der Waals surface area (Å²) in [4.78, 5) is 27.5. The Hall–Kier alpha value is -2.68. The molecular formula is C17H13NO2. The van der Waals surface area contributed by atoms with Crippen molar-refractivity contribution in [2.75, 3.05) is 0 Å². The summed E-state index contributed by atoms with van der Waals surface area (Å²) in [5.74, 6) is -0.993. The van der Waals surface area contributed by atoms with Crippen LogP contribution in [0.4, 0.5) is 0 Å². The minimum atomic E-state index is -0.505. The van der Waals surface area contributed by atoms with Crippen molar-refractivity contribution in [1.82, 2.24) is 4.98 Å². The molecule has 2 aromatic carbocycles. The van der Waals surface area contributed by atoms with Gasteiger partial charge in [-0.05, 0) is 12.3 Å². The highest BCUT2D eigenvalue weighted by molar-refractivity contribution is 6.50. The number of aryl methyl sites for hydroxylation is 1. The van der Waals surface area contributed by atoms with E-state index in [1.54, 1.807) is 18.3 Å². The van der Waals surface area contributed by atoms with Crippen molar-refractivity contribution >= 4 is 22.3 Å². The number of benzene rings is 2. The summed E-state index contributed by atoms with van der Waals surface area (Å²) >= 11 is 0.